The smallest absolute Gasteiger partial charge is 0.314 e. The molecule has 3 heteroatoms. The van der Waals surface area contributed by atoms with Crippen molar-refractivity contribution >= 4 is 21.9 Å². The second-order valence-corrected chi connectivity index (χ2v) is 4.65. The van der Waals surface area contributed by atoms with Gasteiger partial charge in [-0.3, -0.25) is 4.79 Å². The number of aliphatic carboxylic acids is 1. The molecule has 1 fully saturated rings. The quantitative estimate of drug-likeness (QED) is 0.882. The summed E-state index contributed by atoms with van der Waals surface area (Å²) in [6.45, 7) is 1.96. The third-order valence-electron chi connectivity index (χ3n) is 2.94. The van der Waals surface area contributed by atoms with E-state index in [9.17, 15) is 4.79 Å². The fourth-order valence-electron chi connectivity index (χ4n) is 1.85. The maximum Gasteiger partial charge on any atom is 0.314 e. The molecule has 1 aromatic carbocycles. The van der Waals surface area contributed by atoms with Gasteiger partial charge in [-0.15, -0.1) is 0 Å². The minimum Gasteiger partial charge on any atom is -0.481 e. The zero-order chi connectivity index (χ0) is 10.3. The first-order valence-corrected chi connectivity index (χ1v) is 5.36. The summed E-state index contributed by atoms with van der Waals surface area (Å²) in [7, 11) is 0. The Bertz CT molecular complexity index is 394. The van der Waals surface area contributed by atoms with E-state index in [-0.39, 0.29) is 0 Å². The number of hydrogen-bond donors (Lipinski definition) is 1. The van der Waals surface area contributed by atoms with Crippen LogP contribution in [0.5, 0.6) is 0 Å². The first-order chi connectivity index (χ1) is 6.58. The van der Waals surface area contributed by atoms with Crippen molar-refractivity contribution < 1.29 is 9.90 Å². The van der Waals surface area contributed by atoms with Gasteiger partial charge in [-0.1, -0.05) is 28.1 Å². The van der Waals surface area contributed by atoms with Crippen LogP contribution < -0.4 is 0 Å². The van der Waals surface area contributed by atoms with Crippen LogP contribution >= 0.6 is 15.9 Å². The van der Waals surface area contributed by atoms with Crippen molar-refractivity contribution in [3.05, 3.63) is 33.8 Å². The molecule has 0 unspecified atom stereocenters. The summed E-state index contributed by atoms with van der Waals surface area (Å²) in [5.74, 6) is -0.696. The molecule has 2 nitrogen and oxygen atoms in total. The summed E-state index contributed by atoms with van der Waals surface area (Å²) in [6.07, 6.45) is 1.53. The third-order valence-corrected chi connectivity index (χ3v) is 3.80. The first-order valence-electron chi connectivity index (χ1n) is 4.57. The fourth-order valence-corrected chi connectivity index (χ4v) is 2.22. The Labute approximate surface area is 91.1 Å². The highest BCUT2D eigenvalue weighted by atomic mass is 79.9. The lowest BCUT2D eigenvalue weighted by atomic mass is 9.92. The molecule has 0 spiro atoms. The summed E-state index contributed by atoms with van der Waals surface area (Å²) in [4.78, 5) is 11.1. The van der Waals surface area contributed by atoms with Crippen molar-refractivity contribution in [2.24, 2.45) is 0 Å². The van der Waals surface area contributed by atoms with Gasteiger partial charge in [-0.05, 0) is 37.0 Å². The van der Waals surface area contributed by atoms with Gasteiger partial charge in [0, 0.05) is 4.47 Å². The molecule has 1 N–H and O–H groups in total. The van der Waals surface area contributed by atoms with E-state index in [1.165, 1.54) is 0 Å². The standard InChI is InChI=1S/C11H11BrO2/c1-7-8(3-2-4-9(7)12)11(5-6-11)10(13)14/h2-4H,5-6H2,1H3,(H,13,14). The van der Waals surface area contributed by atoms with E-state index in [1.54, 1.807) is 0 Å². The first kappa shape index (κ1) is 9.71. The van der Waals surface area contributed by atoms with Crippen LogP contribution in [0.3, 0.4) is 0 Å². The Balaban J connectivity index is 2.52. The van der Waals surface area contributed by atoms with E-state index in [0.717, 1.165) is 28.4 Å². The normalized spacial score (nSPS) is 17.9. The van der Waals surface area contributed by atoms with E-state index in [2.05, 4.69) is 15.9 Å². The molecule has 0 bridgehead atoms. The highest BCUT2D eigenvalue weighted by Gasteiger charge is 2.52. The van der Waals surface area contributed by atoms with Crippen molar-refractivity contribution in [3.8, 4) is 0 Å². The van der Waals surface area contributed by atoms with Gasteiger partial charge < -0.3 is 5.11 Å². The van der Waals surface area contributed by atoms with Gasteiger partial charge in [0.25, 0.3) is 0 Å². The SMILES string of the molecule is Cc1c(Br)cccc1C1(C(=O)O)CC1. The summed E-state index contributed by atoms with van der Waals surface area (Å²) in [5.41, 5.74) is 1.42. The van der Waals surface area contributed by atoms with Crippen LogP contribution in [0.25, 0.3) is 0 Å². The summed E-state index contributed by atoms with van der Waals surface area (Å²) >= 11 is 3.42. The van der Waals surface area contributed by atoms with Crippen LogP contribution in [0.1, 0.15) is 24.0 Å². The summed E-state index contributed by atoms with van der Waals surface area (Å²) in [6, 6.07) is 5.76. The van der Waals surface area contributed by atoms with Crippen LogP contribution in [0, 0.1) is 6.92 Å². The second kappa shape index (κ2) is 3.09. The number of hydrogen-bond acceptors (Lipinski definition) is 1. The van der Waals surface area contributed by atoms with Gasteiger partial charge >= 0.3 is 5.97 Å². The molecule has 0 heterocycles. The lowest BCUT2D eigenvalue weighted by molar-refractivity contribution is -0.140. The third kappa shape index (κ3) is 1.27. The predicted octanol–water partition coefficient (Wildman–Crippen LogP) is 2.87. The molecule has 0 radical (unpaired) electrons. The van der Waals surface area contributed by atoms with E-state index in [4.69, 9.17) is 5.11 Å². The van der Waals surface area contributed by atoms with Crippen LogP contribution in [0.15, 0.2) is 22.7 Å². The average molecular weight is 255 g/mol. The van der Waals surface area contributed by atoms with Crippen molar-refractivity contribution in [3.63, 3.8) is 0 Å². The Morgan fingerprint density at radius 3 is 2.64 bits per heavy atom. The van der Waals surface area contributed by atoms with Gasteiger partial charge in [0.1, 0.15) is 0 Å². The Morgan fingerprint density at radius 1 is 1.50 bits per heavy atom. The molecule has 1 aromatic rings. The Hall–Kier alpha value is -0.830. The zero-order valence-corrected chi connectivity index (χ0v) is 9.47. The molecule has 14 heavy (non-hydrogen) atoms. The lowest BCUT2D eigenvalue weighted by Gasteiger charge is -2.14. The largest absolute Gasteiger partial charge is 0.481 e. The molecular weight excluding hydrogens is 244 g/mol. The molecule has 0 aromatic heterocycles. The van der Waals surface area contributed by atoms with Crippen molar-refractivity contribution in [2.45, 2.75) is 25.2 Å². The van der Waals surface area contributed by atoms with Gasteiger partial charge in [0.2, 0.25) is 0 Å². The highest BCUT2D eigenvalue weighted by Crippen LogP contribution is 2.50. The van der Waals surface area contributed by atoms with Gasteiger partial charge in [-0.25, -0.2) is 0 Å². The number of halogens is 1. The minimum absolute atomic E-state index is 0.589. The molecule has 1 saturated carbocycles. The predicted molar refractivity (Wildman–Crippen MR) is 57.4 cm³/mol. The molecule has 1 aliphatic rings. The lowest BCUT2D eigenvalue weighted by Crippen LogP contribution is -2.20. The molecule has 74 valence electrons. The fraction of sp³-hybridized carbons (Fsp3) is 0.364. The summed E-state index contributed by atoms with van der Waals surface area (Å²) in [5, 5.41) is 9.16. The molecule has 0 saturated heterocycles. The maximum atomic E-state index is 11.1. The Kier molecular flexibility index (Phi) is 2.14. The highest BCUT2D eigenvalue weighted by molar-refractivity contribution is 9.10. The number of rotatable bonds is 2. The topological polar surface area (TPSA) is 37.3 Å². The maximum absolute atomic E-state index is 11.1. The van der Waals surface area contributed by atoms with Crippen molar-refractivity contribution in [1.82, 2.24) is 0 Å². The second-order valence-electron chi connectivity index (χ2n) is 3.80. The molecule has 2 rings (SSSR count). The van der Waals surface area contributed by atoms with Crippen LogP contribution in [-0.4, -0.2) is 11.1 Å². The van der Waals surface area contributed by atoms with E-state index in [0.29, 0.717) is 0 Å². The van der Waals surface area contributed by atoms with Crippen molar-refractivity contribution in [1.29, 1.82) is 0 Å². The Morgan fingerprint density at radius 2 is 2.14 bits per heavy atom. The van der Waals surface area contributed by atoms with Crippen molar-refractivity contribution in [2.75, 3.05) is 0 Å². The monoisotopic (exact) mass is 254 g/mol. The number of carboxylic acids is 1. The molecular formula is C11H11BrO2. The van der Waals surface area contributed by atoms with Crippen LogP contribution in [0.2, 0.25) is 0 Å². The van der Waals surface area contributed by atoms with Gasteiger partial charge in [-0.2, -0.15) is 0 Å². The minimum atomic E-state index is -0.696. The number of carboxylic acid groups (broad SMARTS) is 1. The summed E-state index contributed by atoms with van der Waals surface area (Å²) < 4.78 is 0.988. The molecule has 0 amide bonds. The number of benzene rings is 1. The average Bonchev–Trinajstić information content (AvgIpc) is 2.90. The molecule has 1 aliphatic carbocycles. The number of carbonyl (C=O) groups is 1. The zero-order valence-electron chi connectivity index (χ0n) is 7.88. The van der Waals surface area contributed by atoms with E-state index >= 15 is 0 Å². The molecule has 0 aliphatic heterocycles. The van der Waals surface area contributed by atoms with Crippen LogP contribution in [0.4, 0.5) is 0 Å². The van der Waals surface area contributed by atoms with Gasteiger partial charge in [0.15, 0.2) is 0 Å². The van der Waals surface area contributed by atoms with Crippen LogP contribution in [-0.2, 0) is 10.2 Å². The van der Waals surface area contributed by atoms with Gasteiger partial charge in [0.05, 0.1) is 5.41 Å². The van der Waals surface area contributed by atoms with E-state index < -0.39 is 11.4 Å². The van der Waals surface area contributed by atoms with E-state index in [1.807, 2.05) is 25.1 Å². The molecule has 0 atom stereocenters.